The van der Waals surface area contributed by atoms with Crippen LogP contribution in [0.25, 0.3) is 16.9 Å². The summed E-state index contributed by atoms with van der Waals surface area (Å²) < 4.78 is 1.49. The number of hydrogen-bond acceptors (Lipinski definition) is 5. The second-order valence-electron chi connectivity index (χ2n) is 4.69. The largest absolute Gasteiger partial charge is 0.478 e. The predicted molar refractivity (Wildman–Crippen MR) is 80.4 cm³/mol. The van der Waals surface area contributed by atoms with Gasteiger partial charge in [0.25, 0.3) is 5.69 Å². The van der Waals surface area contributed by atoms with Gasteiger partial charge in [0.05, 0.1) is 28.1 Å². The Kier molecular flexibility index (Phi) is 3.55. The lowest BCUT2D eigenvalue weighted by atomic mass is 10.1. The molecule has 0 bridgehead atoms. The third-order valence-corrected chi connectivity index (χ3v) is 3.26. The highest BCUT2D eigenvalue weighted by Gasteiger charge is 2.13. The van der Waals surface area contributed by atoms with E-state index < -0.39 is 10.9 Å². The summed E-state index contributed by atoms with van der Waals surface area (Å²) in [4.78, 5) is 21.3. The molecule has 0 fully saturated rings. The lowest BCUT2D eigenvalue weighted by Gasteiger charge is -2.06. The van der Waals surface area contributed by atoms with Crippen LogP contribution in [0.3, 0.4) is 0 Å². The molecule has 0 spiro atoms. The van der Waals surface area contributed by atoms with Crippen LogP contribution in [-0.2, 0) is 0 Å². The van der Waals surface area contributed by atoms with Gasteiger partial charge in [-0.2, -0.15) is 0 Å². The number of nitro benzene ring substituents is 1. The van der Waals surface area contributed by atoms with E-state index >= 15 is 0 Å². The summed E-state index contributed by atoms with van der Waals surface area (Å²) in [6.45, 7) is 0. The first kappa shape index (κ1) is 14.4. The quantitative estimate of drug-likeness (QED) is 0.585. The summed E-state index contributed by atoms with van der Waals surface area (Å²) >= 11 is 0. The number of non-ortho nitro benzene ring substituents is 1. The summed E-state index contributed by atoms with van der Waals surface area (Å²) in [5.74, 6) is -1.02. The first-order chi connectivity index (χ1) is 11.1. The molecule has 8 nitrogen and oxygen atoms in total. The van der Waals surface area contributed by atoms with Crippen LogP contribution in [0.5, 0.6) is 0 Å². The summed E-state index contributed by atoms with van der Waals surface area (Å²) in [6, 6.07) is 12.2. The normalized spacial score (nSPS) is 10.4. The Morgan fingerprint density at radius 2 is 1.91 bits per heavy atom. The highest BCUT2D eigenvalue weighted by Crippen LogP contribution is 2.25. The van der Waals surface area contributed by atoms with Crippen LogP contribution in [0.15, 0.2) is 54.7 Å². The average Bonchev–Trinajstić information content (AvgIpc) is 3.04. The first-order valence-electron chi connectivity index (χ1n) is 6.55. The van der Waals surface area contributed by atoms with Gasteiger partial charge in [0, 0.05) is 17.7 Å². The van der Waals surface area contributed by atoms with Crippen molar-refractivity contribution in [2.24, 2.45) is 0 Å². The zero-order chi connectivity index (χ0) is 16.4. The molecule has 0 aliphatic rings. The van der Waals surface area contributed by atoms with Crippen molar-refractivity contribution in [1.29, 1.82) is 0 Å². The minimum absolute atomic E-state index is 0.0310. The number of carbonyl (C=O) groups is 1. The minimum Gasteiger partial charge on any atom is -0.478 e. The van der Waals surface area contributed by atoms with Crippen LogP contribution in [-0.4, -0.2) is 31.0 Å². The lowest BCUT2D eigenvalue weighted by Crippen LogP contribution is -2.01. The van der Waals surface area contributed by atoms with Gasteiger partial charge in [-0.3, -0.25) is 10.1 Å². The Morgan fingerprint density at radius 3 is 2.57 bits per heavy atom. The van der Waals surface area contributed by atoms with Gasteiger partial charge in [-0.15, -0.1) is 5.10 Å². The fourth-order valence-corrected chi connectivity index (χ4v) is 2.15. The molecule has 0 atom stereocenters. The maximum Gasteiger partial charge on any atom is 0.335 e. The van der Waals surface area contributed by atoms with Crippen molar-refractivity contribution in [3.05, 3.63) is 70.4 Å². The number of aromatic nitrogens is 3. The Labute approximate surface area is 129 Å². The molecule has 0 saturated heterocycles. The van der Waals surface area contributed by atoms with Crippen molar-refractivity contribution in [2.75, 3.05) is 0 Å². The molecule has 0 amide bonds. The maximum absolute atomic E-state index is 10.9. The molecule has 0 aliphatic heterocycles. The highest BCUT2D eigenvalue weighted by molar-refractivity contribution is 5.87. The van der Waals surface area contributed by atoms with Crippen molar-refractivity contribution in [2.45, 2.75) is 0 Å². The summed E-state index contributed by atoms with van der Waals surface area (Å²) in [5.41, 5.74) is 1.89. The van der Waals surface area contributed by atoms with Crippen molar-refractivity contribution in [3.8, 4) is 16.9 Å². The van der Waals surface area contributed by atoms with E-state index in [1.807, 2.05) is 0 Å². The van der Waals surface area contributed by atoms with E-state index in [1.165, 1.54) is 35.1 Å². The van der Waals surface area contributed by atoms with Crippen LogP contribution in [0.2, 0.25) is 0 Å². The molecule has 114 valence electrons. The number of benzene rings is 2. The van der Waals surface area contributed by atoms with Crippen molar-refractivity contribution >= 4 is 11.7 Å². The van der Waals surface area contributed by atoms with Crippen LogP contribution in [0, 0.1) is 10.1 Å². The molecular weight excluding hydrogens is 300 g/mol. The van der Waals surface area contributed by atoms with E-state index in [1.54, 1.807) is 24.3 Å². The third kappa shape index (κ3) is 2.77. The summed E-state index contributed by atoms with van der Waals surface area (Å²) in [5, 5.41) is 27.6. The molecule has 0 saturated carbocycles. The molecule has 1 aromatic heterocycles. The molecule has 0 radical (unpaired) electrons. The first-order valence-corrected chi connectivity index (χ1v) is 6.55. The number of hydrogen-bond donors (Lipinski definition) is 1. The van der Waals surface area contributed by atoms with Gasteiger partial charge < -0.3 is 5.11 Å². The monoisotopic (exact) mass is 310 g/mol. The lowest BCUT2D eigenvalue weighted by molar-refractivity contribution is -0.384. The second kappa shape index (κ2) is 5.68. The Balaban J connectivity index is 2.04. The molecule has 1 N–H and O–H groups in total. The molecule has 3 aromatic rings. The zero-order valence-corrected chi connectivity index (χ0v) is 11.7. The average molecular weight is 310 g/mol. The number of rotatable bonds is 4. The molecule has 2 aromatic carbocycles. The zero-order valence-electron chi connectivity index (χ0n) is 11.7. The van der Waals surface area contributed by atoms with E-state index in [0.29, 0.717) is 16.9 Å². The van der Waals surface area contributed by atoms with Crippen LogP contribution in [0.1, 0.15) is 10.4 Å². The van der Waals surface area contributed by atoms with Crippen LogP contribution < -0.4 is 0 Å². The van der Waals surface area contributed by atoms with Crippen molar-refractivity contribution in [1.82, 2.24) is 15.0 Å². The van der Waals surface area contributed by atoms with Gasteiger partial charge in [-0.25, -0.2) is 9.48 Å². The predicted octanol–water partition coefficient (Wildman–Crippen LogP) is 2.54. The molecule has 0 unspecified atom stereocenters. The molecule has 0 aliphatic carbocycles. The van der Waals surface area contributed by atoms with E-state index in [-0.39, 0.29) is 11.3 Å². The van der Waals surface area contributed by atoms with Gasteiger partial charge in [0.15, 0.2) is 0 Å². The van der Waals surface area contributed by atoms with E-state index in [0.717, 1.165) is 0 Å². The van der Waals surface area contributed by atoms with E-state index in [9.17, 15) is 14.9 Å². The Bertz CT molecular complexity index is 887. The topological polar surface area (TPSA) is 111 Å². The standard InChI is InChI=1S/C15H10N4O4/c20-15(21)10-4-6-12(7-5-10)18-14(9-16-17-18)11-2-1-3-13(8-11)19(22)23/h1-9H,(H,20,21). The van der Waals surface area contributed by atoms with Crippen molar-refractivity contribution in [3.63, 3.8) is 0 Å². The number of nitrogens with zero attached hydrogens (tertiary/aromatic N) is 4. The molecule has 8 heteroatoms. The highest BCUT2D eigenvalue weighted by atomic mass is 16.6. The Hall–Kier alpha value is -3.55. The maximum atomic E-state index is 10.9. The van der Waals surface area contributed by atoms with Crippen LogP contribution >= 0.6 is 0 Å². The molecule has 1 heterocycles. The van der Waals surface area contributed by atoms with Gasteiger partial charge >= 0.3 is 5.97 Å². The van der Waals surface area contributed by atoms with Gasteiger partial charge in [-0.05, 0) is 24.3 Å². The number of nitro groups is 1. The molecular formula is C15H10N4O4. The molecule has 3 rings (SSSR count). The van der Waals surface area contributed by atoms with Gasteiger partial charge in [0.2, 0.25) is 0 Å². The van der Waals surface area contributed by atoms with Gasteiger partial charge in [-0.1, -0.05) is 17.3 Å². The summed E-state index contributed by atoms with van der Waals surface area (Å²) in [7, 11) is 0. The molecule has 23 heavy (non-hydrogen) atoms. The Morgan fingerprint density at radius 1 is 1.17 bits per heavy atom. The summed E-state index contributed by atoms with van der Waals surface area (Å²) in [6.07, 6.45) is 1.49. The van der Waals surface area contributed by atoms with E-state index in [2.05, 4.69) is 10.3 Å². The number of carboxylic acids is 1. The smallest absolute Gasteiger partial charge is 0.335 e. The van der Waals surface area contributed by atoms with Crippen LogP contribution in [0.4, 0.5) is 5.69 Å². The van der Waals surface area contributed by atoms with E-state index in [4.69, 9.17) is 5.11 Å². The SMILES string of the molecule is O=C(O)c1ccc(-n2nncc2-c2cccc([N+](=O)[O-])c2)cc1. The fraction of sp³-hybridized carbons (Fsp3) is 0. The van der Waals surface area contributed by atoms with Crippen molar-refractivity contribution < 1.29 is 14.8 Å². The van der Waals surface area contributed by atoms with Gasteiger partial charge in [0.1, 0.15) is 0 Å². The number of carboxylic acid groups (broad SMARTS) is 1. The minimum atomic E-state index is -1.02. The third-order valence-electron chi connectivity index (χ3n) is 3.26. The number of aromatic carboxylic acids is 1. The fourth-order valence-electron chi connectivity index (χ4n) is 2.15. The second-order valence-corrected chi connectivity index (χ2v) is 4.69.